The van der Waals surface area contributed by atoms with Crippen LogP contribution >= 0.6 is 0 Å². The summed E-state index contributed by atoms with van der Waals surface area (Å²) in [5, 5.41) is 0. The number of hydrogen-bond donors (Lipinski definition) is 0. The number of benzene rings is 2. The molecule has 3 atom stereocenters. The van der Waals surface area contributed by atoms with Crippen LogP contribution in [0.3, 0.4) is 0 Å². The Bertz CT molecular complexity index is 1110. The number of ether oxygens (including phenoxy) is 1. The molecule has 0 aromatic heterocycles. The molecule has 2 aromatic rings. The number of fused-ring (bicyclic) bond motifs is 1. The predicted octanol–water partition coefficient (Wildman–Crippen LogP) is 3.31. The monoisotopic (exact) mass is 446 g/mol. The average Bonchev–Trinajstić information content (AvgIpc) is 3.01. The molecule has 170 valence electrons. The summed E-state index contributed by atoms with van der Waals surface area (Å²) < 4.78 is 5.47. The first-order valence-electron chi connectivity index (χ1n) is 10.9. The van der Waals surface area contributed by atoms with Gasteiger partial charge in [0.25, 0.3) is 11.8 Å². The van der Waals surface area contributed by atoms with Crippen LogP contribution in [-0.4, -0.2) is 57.2 Å². The Labute approximate surface area is 192 Å². The summed E-state index contributed by atoms with van der Waals surface area (Å²) in [6, 6.07) is 13.4. The Morgan fingerprint density at radius 1 is 0.939 bits per heavy atom. The number of β-lactam (4-membered cyclic amide) rings is 1. The first-order chi connectivity index (χ1) is 15.6. The summed E-state index contributed by atoms with van der Waals surface area (Å²) in [6.07, 6.45) is 3.57. The maximum absolute atomic E-state index is 13.3. The molecule has 0 spiro atoms. The summed E-state index contributed by atoms with van der Waals surface area (Å²) in [5.41, 5.74) is 0.735. The van der Waals surface area contributed by atoms with Crippen molar-refractivity contribution in [2.24, 2.45) is 0 Å². The molecule has 0 radical (unpaired) electrons. The summed E-state index contributed by atoms with van der Waals surface area (Å²) in [6.45, 7) is 6.85. The van der Waals surface area contributed by atoms with Crippen molar-refractivity contribution in [2.45, 2.75) is 51.4 Å². The number of carbonyl (C=O) groups is 4. The van der Waals surface area contributed by atoms with Crippen LogP contribution in [0.2, 0.25) is 0 Å². The zero-order chi connectivity index (χ0) is 23.9. The Balaban J connectivity index is 1.66. The van der Waals surface area contributed by atoms with Gasteiger partial charge in [-0.05, 0) is 45.4 Å². The quantitative estimate of drug-likeness (QED) is 0.400. The normalized spacial score (nSPS) is 21.3. The van der Waals surface area contributed by atoms with Crippen LogP contribution in [0.1, 0.15) is 54.0 Å². The molecule has 3 amide bonds. The molecule has 2 heterocycles. The number of esters is 1. The number of hydrogen-bond acceptors (Lipinski definition) is 5. The number of amides is 3. The van der Waals surface area contributed by atoms with Crippen molar-refractivity contribution in [3.63, 3.8) is 0 Å². The lowest BCUT2D eigenvalue weighted by Gasteiger charge is -2.50. The molecular formula is C26H26N2O5. The molecule has 7 heteroatoms. The van der Waals surface area contributed by atoms with Gasteiger partial charge in [0, 0.05) is 0 Å². The number of nitrogens with zero attached hydrogens (tertiary/aromatic N) is 2. The van der Waals surface area contributed by atoms with E-state index >= 15 is 0 Å². The summed E-state index contributed by atoms with van der Waals surface area (Å²) in [7, 11) is 0. The van der Waals surface area contributed by atoms with Gasteiger partial charge in [-0.15, -0.1) is 0 Å². The molecule has 0 unspecified atom stereocenters. The molecular weight excluding hydrogens is 420 g/mol. The Hall–Kier alpha value is -3.74. The van der Waals surface area contributed by atoms with E-state index in [-0.39, 0.29) is 11.1 Å². The lowest BCUT2D eigenvalue weighted by Crippen LogP contribution is -2.73. The van der Waals surface area contributed by atoms with Gasteiger partial charge < -0.3 is 9.64 Å². The van der Waals surface area contributed by atoms with Gasteiger partial charge in [0.05, 0.1) is 17.2 Å². The molecule has 4 rings (SSSR count). The van der Waals surface area contributed by atoms with E-state index in [0.717, 1.165) is 10.5 Å². The average molecular weight is 447 g/mol. The zero-order valence-corrected chi connectivity index (χ0v) is 19.0. The maximum Gasteiger partial charge on any atom is 0.329 e. The van der Waals surface area contributed by atoms with E-state index in [1.165, 1.54) is 4.90 Å². The van der Waals surface area contributed by atoms with Gasteiger partial charge >= 0.3 is 5.97 Å². The van der Waals surface area contributed by atoms with Gasteiger partial charge in [-0.25, -0.2) is 4.79 Å². The molecule has 2 aliphatic rings. The van der Waals surface area contributed by atoms with Crippen molar-refractivity contribution in [3.8, 4) is 0 Å². The Morgan fingerprint density at radius 2 is 1.48 bits per heavy atom. The number of imide groups is 1. The lowest BCUT2D eigenvalue weighted by atomic mass is 9.90. The van der Waals surface area contributed by atoms with Crippen LogP contribution in [0.4, 0.5) is 0 Å². The number of carbonyl (C=O) groups excluding carboxylic acids is 4. The van der Waals surface area contributed by atoms with Crippen LogP contribution < -0.4 is 0 Å². The molecule has 0 N–H and O–H groups in total. The van der Waals surface area contributed by atoms with Gasteiger partial charge in [-0.1, -0.05) is 54.6 Å². The standard InChI is InChI=1S/C26H26N2O5/c1-16(25(32)33-26(2,3)4)27-20(15-14-17-10-6-5-7-11-17)21(24(27)31)28-22(29)18-12-8-9-13-19(18)23(28)30/h5-16,20-21H,1-4H3/t16-,20+,21-/m0/s1. The second-order valence-electron chi connectivity index (χ2n) is 9.19. The fourth-order valence-corrected chi connectivity index (χ4v) is 4.16. The van der Waals surface area contributed by atoms with E-state index in [2.05, 4.69) is 0 Å². The molecule has 33 heavy (non-hydrogen) atoms. The molecule has 0 aliphatic carbocycles. The summed E-state index contributed by atoms with van der Waals surface area (Å²) in [4.78, 5) is 54.4. The minimum absolute atomic E-state index is 0.278. The Morgan fingerprint density at radius 3 is 2.03 bits per heavy atom. The highest BCUT2D eigenvalue weighted by Crippen LogP contribution is 2.35. The van der Waals surface area contributed by atoms with Crippen LogP contribution in [0.25, 0.3) is 6.08 Å². The molecule has 0 saturated carbocycles. The predicted molar refractivity (Wildman–Crippen MR) is 122 cm³/mol. The molecule has 1 fully saturated rings. The van der Waals surface area contributed by atoms with Crippen molar-refractivity contribution < 1.29 is 23.9 Å². The van der Waals surface area contributed by atoms with Crippen molar-refractivity contribution in [1.29, 1.82) is 0 Å². The van der Waals surface area contributed by atoms with E-state index in [9.17, 15) is 19.2 Å². The van der Waals surface area contributed by atoms with Gasteiger partial charge in [0.2, 0.25) is 5.91 Å². The summed E-state index contributed by atoms with van der Waals surface area (Å²) in [5.74, 6) is -2.02. The second-order valence-corrected chi connectivity index (χ2v) is 9.19. The van der Waals surface area contributed by atoms with Crippen LogP contribution in [-0.2, 0) is 14.3 Å². The first kappa shape index (κ1) is 22.5. The molecule has 2 aliphatic heterocycles. The molecule has 7 nitrogen and oxygen atoms in total. The largest absolute Gasteiger partial charge is 0.458 e. The first-order valence-corrected chi connectivity index (χ1v) is 10.9. The van der Waals surface area contributed by atoms with Crippen molar-refractivity contribution in [2.75, 3.05) is 0 Å². The topological polar surface area (TPSA) is 84.0 Å². The van der Waals surface area contributed by atoms with Crippen LogP contribution in [0.15, 0.2) is 60.7 Å². The number of rotatable bonds is 5. The highest BCUT2D eigenvalue weighted by atomic mass is 16.6. The van der Waals surface area contributed by atoms with Crippen LogP contribution in [0, 0.1) is 0 Å². The van der Waals surface area contributed by atoms with Gasteiger partial charge in [0.15, 0.2) is 0 Å². The van der Waals surface area contributed by atoms with Gasteiger partial charge in [-0.2, -0.15) is 0 Å². The minimum atomic E-state index is -1.03. The van der Waals surface area contributed by atoms with Gasteiger partial charge in [0.1, 0.15) is 17.7 Å². The van der Waals surface area contributed by atoms with E-state index in [1.807, 2.05) is 36.4 Å². The smallest absolute Gasteiger partial charge is 0.329 e. The van der Waals surface area contributed by atoms with Crippen molar-refractivity contribution in [1.82, 2.24) is 9.80 Å². The van der Waals surface area contributed by atoms with Crippen molar-refractivity contribution in [3.05, 3.63) is 77.4 Å². The SMILES string of the molecule is C[C@@H](C(=O)OC(C)(C)C)N1C(=O)[C@@H](N2C(=O)c3ccccc3C2=O)[C@H]1C=Cc1ccccc1. The molecule has 0 bridgehead atoms. The molecule has 1 saturated heterocycles. The van der Waals surface area contributed by atoms with Gasteiger partial charge in [-0.3, -0.25) is 19.3 Å². The minimum Gasteiger partial charge on any atom is -0.458 e. The van der Waals surface area contributed by atoms with E-state index in [4.69, 9.17) is 4.74 Å². The second kappa shape index (κ2) is 8.31. The fraction of sp³-hybridized carbons (Fsp3) is 0.308. The third-order valence-electron chi connectivity index (χ3n) is 5.71. The van der Waals surface area contributed by atoms with Crippen LogP contribution in [0.5, 0.6) is 0 Å². The van der Waals surface area contributed by atoms with E-state index in [1.54, 1.807) is 58.0 Å². The lowest BCUT2D eigenvalue weighted by molar-refractivity contribution is -0.174. The summed E-state index contributed by atoms with van der Waals surface area (Å²) >= 11 is 0. The fourth-order valence-electron chi connectivity index (χ4n) is 4.16. The molecule has 2 aromatic carbocycles. The van der Waals surface area contributed by atoms with Crippen molar-refractivity contribution >= 4 is 29.8 Å². The maximum atomic E-state index is 13.3. The number of likely N-dealkylation sites (tertiary alicyclic amines) is 1. The third kappa shape index (κ3) is 4.06. The zero-order valence-electron chi connectivity index (χ0n) is 19.0. The highest BCUT2D eigenvalue weighted by molar-refractivity contribution is 6.23. The highest BCUT2D eigenvalue weighted by Gasteiger charge is 2.57. The van der Waals surface area contributed by atoms with E-state index in [0.29, 0.717) is 0 Å². The Kier molecular flexibility index (Phi) is 5.66. The third-order valence-corrected chi connectivity index (χ3v) is 5.71. The van der Waals surface area contributed by atoms with E-state index < -0.39 is 47.4 Å².